The molecule has 12 nitrogen and oxygen atoms in total. The first kappa shape index (κ1) is 25.5. The number of rotatable bonds is 7. The number of hydrogen-bond donors (Lipinski definition) is 2. The summed E-state index contributed by atoms with van der Waals surface area (Å²) in [5, 5.41) is 3.40. The van der Waals surface area contributed by atoms with Crippen LogP contribution in [0, 0.1) is 0 Å². The number of halogens is 1. The molecule has 37 heavy (non-hydrogen) atoms. The van der Waals surface area contributed by atoms with E-state index in [4.69, 9.17) is 26.9 Å². The number of nitrogens with two attached hydrogens (primary N) is 1. The zero-order valence-corrected chi connectivity index (χ0v) is 20.8. The zero-order chi connectivity index (χ0) is 26.5. The fraction of sp³-hybridized carbons (Fsp3) is 0.208. The summed E-state index contributed by atoms with van der Waals surface area (Å²) in [6.45, 7) is 2.15. The average Bonchev–Trinajstić information content (AvgIpc) is 2.91. The van der Waals surface area contributed by atoms with E-state index in [0.29, 0.717) is 40.0 Å². The molecule has 0 saturated carbocycles. The summed E-state index contributed by atoms with van der Waals surface area (Å²) >= 11 is 5.92. The number of pyridine rings is 1. The molecule has 4 rings (SSSR count). The third-order valence-electron chi connectivity index (χ3n) is 5.38. The van der Waals surface area contributed by atoms with Crippen molar-refractivity contribution in [1.82, 2.24) is 24.1 Å². The predicted octanol–water partition coefficient (Wildman–Crippen LogP) is 0.797. The Hall–Kier alpha value is -4.58. The largest absolute Gasteiger partial charge is 0.466 e. The van der Waals surface area contributed by atoms with Gasteiger partial charge in [0.2, 0.25) is 5.62 Å². The molecule has 0 aliphatic carbocycles. The van der Waals surface area contributed by atoms with Crippen LogP contribution in [-0.2, 0) is 22.6 Å². The van der Waals surface area contributed by atoms with Gasteiger partial charge in [0.25, 0.3) is 0 Å². The maximum absolute atomic E-state index is 13.1. The van der Waals surface area contributed by atoms with Gasteiger partial charge in [-0.25, -0.2) is 23.9 Å². The highest BCUT2D eigenvalue weighted by atomic mass is 35.5. The number of benzene rings is 1. The minimum Gasteiger partial charge on any atom is -0.466 e. The molecule has 1 aliphatic heterocycles. The van der Waals surface area contributed by atoms with Crippen LogP contribution in [0.15, 0.2) is 80.8 Å². The van der Waals surface area contributed by atoms with Crippen LogP contribution in [0.4, 0.5) is 5.69 Å². The fourth-order valence-electron chi connectivity index (χ4n) is 3.53. The molecule has 3 aromatic rings. The molecule has 0 bridgehead atoms. The topological polar surface area (TPSA) is 148 Å². The highest BCUT2D eigenvalue weighted by Crippen LogP contribution is 2.21. The van der Waals surface area contributed by atoms with E-state index in [1.54, 1.807) is 55.6 Å². The minimum absolute atomic E-state index is 0.0174. The Morgan fingerprint density at radius 1 is 1.16 bits per heavy atom. The third-order valence-corrected chi connectivity index (χ3v) is 5.61. The van der Waals surface area contributed by atoms with E-state index in [1.807, 2.05) is 0 Å². The molecule has 0 unspecified atom stereocenters. The van der Waals surface area contributed by atoms with Crippen molar-refractivity contribution in [2.45, 2.75) is 20.0 Å². The number of methoxy groups -OCH3 is 1. The van der Waals surface area contributed by atoms with Gasteiger partial charge in [0.1, 0.15) is 11.5 Å². The zero-order valence-electron chi connectivity index (χ0n) is 20.1. The van der Waals surface area contributed by atoms with Crippen molar-refractivity contribution in [2.75, 3.05) is 19.5 Å². The van der Waals surface area contributed by atoms with Gasteiger partial charge in [0.05, 0.1) is 35.6 Å². The number of carbonyl (C=O) groups is 1. The molecule has 13 heteroatoms. The lowest BCUT2D eigenvalue weighted by atomic mass is 10.2. The van der Waals surface area contributed by atoms with Crippen molar-refractivity contribution in [3.05, 3.63) is 104 Å². The van der Waals surface area contributed by atoms with Crippen LogP contribution in [0.2, 0.25) is 5.02 Å². The van der Waals surface area contributed by atoms with Crippen LogP contribution in [0.1, 0.15) is 12.6 Å². The van der Waals surface area contributed by atoms with E-state index in [0.717, 1.165) is 9.24 Å². The molecular weight excluding hydrogens is 502 g/mol. The van der Waals surface area contributed by atoms with E-state index in [2.05, 4.69) is 15.3 Å². The van der Waals surface area contributed by atoms with Gasteiger partial charge in [0, 0.05) is 25.5 Å². The molecule has 3 heterocycles. The first-order chi connectivity index (χ1) is 17.8. The van der Waals surface area contributed by atoms with Gasteiger partial charge in [-0.3, -0.25) is 9.55 Å². The van der Waals surface area contributed by atoms with Crippen LogP contribution in [0.3, 0.4) is 0 Å². The van der Waals surface area contributed by atoms with Crippen molar-refractivity contribution >= 4 is 23.3 Å². The molecule has 0 amide bonds. The number of allylic oxidation sites excluding steroid dienone is 1. The van der Waals surface area contributed by atoms with Gasteiger partial charge >= 0.3 is 17.3 Å². The van der Waals surface area contributed by atoms with Crippen LogP contribution < -0.4 is 32.9 Å². The third kappa shape index (κ3) is 5.64. The summed E-state index contributed by atoms with van der Waals surface area (Å²) in [4.78, 5) is 46.2. The maximum Gasteiger partial charge on any atom is 0.353 e. The van der Waals surface area contributed by atoms with Crippen LogP contribution >= 0.6 is 11.6 Å². The quantitative estimate of drug-likeness (QED) is 0.340. The van der Waals surface area contributed by atoms with Crippen molar-refractivity contribution in [1.29, 1.82) is 0 Å². The Kier molecular flexibility index (Phi) is 7.58. The summed E-state index contributed by atoms with van der Waals surface area (Å²) < 4.78 is 13.6. The smallest absolute Gasteiger partial charge is 0.353 e. The lowest BCUT2D eigenvalue weighted by Gasteiger charge is -2.15. The Bertz CT molecular complexity index is 1570. The fourth-order valence-corrected chi connectivity index (χ4v) is 3.64. The molecule has 0 fully saturated rings. The number of nitrogens with one attached hydrogen (secondary N) is 1. The van der Waals surface area contributed by atoms with Gasteiger partial charge in [-0.1, -0.05) is 11.6 Å². The van der Waals surface area contributed by atoms with E-state index in [1.165, 1.54) is 17.9 Å². The summed E-state index contributed by atoms with van der Waals surface area (Å²) in [5.41, 5.74) is 0.0378. The Labute approximate surface area is 215 Å². The predicted molar refractivity (Wildman–Crippen MR) is 136 cm³/mol. The number of esters is 1. The second-order valence-corrected chi connectivity index (χ2v) is 8.27. The van der Waals surface area contributed by atoms with Crippen molar-refractivity contribution in [3.63, 3.8) is 0 Å². The first-order valence-electron chi connectivity index (χ1n) is 11.2. The Balaban J connectivity index is 1.69. The van der Waals surface area contributed by atoms with Gasteiger partial charge in [0.15, 0.2) is 0 Å². The SMILES string of the molecule is CCn1c(=O)n(N)/c(=N\c2ccc(OC3=CNCC(C(=O)OC)=C3)cc2)n(Cc2ccc(Cl)cn2)c1=O. The highest BCUT2D eigenvalue weighted by molar-refractivity contribution is 6.30. The molecule has 3 N–H and O–H groups in total. The van der Waals surface area contributed by atoms with E-state index in [9.17, 15) is 14.4 Å². The van der Waals surface area contributed by atoms with Gasteiger partial charge in [-0.15, -0.1) is 0 Å². The molecule has 192 valence electrons. The minimum atomic E-state index is -0.698. The molecule has 2 aromatic heterocycles. The summed E-state index contributed by atoms with van der Waals surface area (Å²) in [6, 6.07) is 9.89. The second-order valence-electron chi connectivity index (χ2n) is 7.83. The standard InChI is InChI=1S/C24H24ClN7O5/c1-3-30-23(34)31(14-18-5-4-16(25)12-28-18)22(32(26)24(30)35)29-17-6-8-19(9-7-17)37-20-10-15(11-27-13-20)21(33)36-2/h4-10,12-13,27H,3,11,14,26H2,1-2H3/b29-22-. The number of ether oxygens (including phenoxy) is 2. The molecular formula is C24H24ClN7O5. The molecule has 1 aliphatic rings. The normalized spacial score (nSPS) is 13.4. The number of aromatic nitrogens is 4. The maximum atomic E-state index is 13.1. The average molecular weight is 526 g/mol. The van der Waals surface area contributed by atoms with Crippen LogP contribution in [0.25, 0.3) is 0 Å². The summed E-state index contributed by atoms with van der Waals surface area (Å²) in [5.74, 6) is 6.50. The Morgan fingerprint density at radius 3 is 2.57 bits per heavy atom. The molecule has 0 spiro atoms. The summed E-state index contributed by atoms with van der Waals surface area (Å²) in [6.07, 6.45) is 4.68. The lowest BCUT2D eigenvalue weighted by Crippen LogP contribution is -2.57. The number of dihydropyridines is 1. The van der Waals surface area contributed by atoms with Gasteiger partial charge in [-0.2, -0.15) is 4.68 Å². The summed E-state index contributed by atoms with van der Waals surface area (Å²) in [7, 11) is 1.31. The molecule has 0 saturated heterocycles. The monoisotopic (exact) mass is 525 g/mol. The van der Waals surface area contributed by atoms with Crippen molar-refractivity contribution in [3.8, 4) is 5.75 Å². The van der Waals surface area contributed by atoms with Crippen LogP contribution in [0.5, 0.6) is 5.75 Å². The number of carbonyl (C=O) groups excluding carboxylic acids is 1. The lowest BCUT2D eigenvalue weighted by molar-refractivity contribution is -0.136. The first-order valence-corrected chi connectivity index (χ1v) is 11.6. The molecule has 1 aromatic carbocycles. The van der Waals surface area contributed by atoms with Crippen LogP contribution in [-0.4, -0.2) is 38.4 Å². The van der Waals surface area contributed by atoms with Gasteiger partial charge in [-0.05, 0) is 49.4 Å². The van der Waals surface area contributed by atoms with E-state index >= 15 is 0 Å². The number of hydrogen-bond acceptors (Lipinski definition) is 9. The van der Waals surface area contributed by atoms with Crippen molar-refractivity contribution in [2.24, 2.45) is 4.99 Å². The van der Waals surface area contributed by atoms with E-state index < -0.39 is 17.3 Å². The van der Waals surface area contributed by atoms with E-state index in [-0.39, 0.29) is 18.7 Å². The number of nitrogens with zero attached hydrogens (tertiary/aromatic N) is 5. The molecule has 0 atom stereocenters. The number of nitrogen functional groups attached to an aromatic ring is 1. The van der Waals surface area contributed by atoms with Crippen molar-refractivity contribution < 1.29 is 14.3 Å². The highest BCUT2D eigenvalue weighted by Gasteiger charge is 2.15. The Morgan fingerprint density at radius 2 is 1.92 bits per heavy atom. The van der Waals surface area contributed by atoms with Gasteiger partial charge < -0.3 is 20.6 Å². The second kappa shape index (κ2) is 11.0. The molecule has 0 radical (unpaired) electrons.